The molecule has 4 heteroatoms. The van der Waals surface area contributed by atoms with Crippen molar-refractivity contribution in [3.05, 3.63) is 0 Å². The van der Waals surface area contributed by atoms with E-state index in [0.29, 0.717) is 17.8 Å². The van der Waals surface area contributed by atoms with E-state index in [-0.39, 0.29) is 6.10 Å². The van der Waals surface area contributed by atoms with Crippen molar-refractivity contribution in [3.8, 4) is 0 Å². The maximum atomic E-state index is 12.1. The number of esters is 1. The number of carbonyl (C=O) groups excluding carboxylic acids is 1. The molecule has 3 rings (SSSR count). The Kier molecular flexibility index (Phi) is 2.41. The number of rotatable bonds is 2. The summed E-state index contributed by atoms with van der Waals surface area (Å²) in [6, 6.07) is 0. The highest BCUT2D eigenvalue weighted by molar-refractivity contribution is 5.73. The summed E-state index contributed by atoms with van der Waals surface area (Å²) in [5.74, 6) is 1.13. The minimum atomic E-state index is -2.97. The van der Waals surface area contributed by atoms with Gasteiger partial charge in [0.15, 0.2) is 0 Å². The quantitative estimate of drug-likeness (QED) is 0.682. The molecule has 3 aliphatic carbocycles. The third-order valence-corrected chi connectivity index (χ3v) is 4.81. The third-order valence-electron chi connectivity index (χ3n) is 4.81. The van der Waals surface area contributed by atoms with Gasteiger partial charge in [0.25, 0.3) is 0 Å². The van der Waals surface area contributed by atoms with Crippen molar-refractivity contribution in [2.45, 2.75) is 44.6 Å². The van der Waals surface area contributed by atoms with Crippen LogP contribution in [0.15, 0.2) is 0 Å². The fraction of sp³-hybridized carbons (Fsp3) is 0.917. The molecule has 3 saturated carbocycles. The van der Waals surface area contributed by atoms with E-state index < -0.39 is 12.4 Å². The summed E-state index contributed by atoms with van der Waals surface area (Å²) >= 11 is 0. The Morgan fingerprint density at radius 1 is 1.12 bits per heavy atom. The first-order valence-corrected chi connectivity index (χ1v) is 6.15. The highest BCUT2D eigenvalue weighted by Crippen LogP contribution is 2.59. The van der Waals surface area contributed by atoms with E-state index in [4.69, 9.17) is 4.74 Å². The Bertz CT molecular complexity index is 305. The van der Waals surface area contributed by atoms with Crippen molar-refractivity contribution in [2.24, 2.45) is 23.7 Å². The maximum Gasteiger partial charge on any atom is 0.374 e. The zero-order valence-corrected chi connectivity index (χ0v) is 9.07. The minimum absolute atomic E-state index is 0.217. The molecule has 0 heterocycles. The van der Waals surface area contributed by atoms with Gasteiger partial charge in [0.05, 0.1) is 0 Å². The molecule has 5 atom stereocenters. The number of halogens is 2. The van der Waals surface area contributed by atoms with Gasteiger partial charge in [-0.1, -0.05) is 6.42 Å². The molecule has 16 heavy (non-hydrogen) atoms. The van der Waals surface area contributed by atoms with Crippen LogP contribution in [0.1, 0.15) is 32.1 Å². The molecule has 3 aliphatic rings. The van der Waals surface area contributed by atoms with Crippen molar-refractivity contribution in [3.63, 3.8) is 0 Å². The number of ether oxygens (including phenoxy) is 1. The summed E-state index contributed by atoms with van der Waals surface area (Å²) < 4.78 is 29.2. The predicted octanol–water partition coefficient (Wildman–Crippen LogP) is 2.62. The van der Waals surface area contributed by atoms with Gasteiger partial charge in [-0.2, -0.15) is 8.78 Å². The Morgan fingerprint density at radius 2 is 1.88 bits per heavy atom. The van der Waals surface area contributed by atoms with E-state index in [1.54, 1.807) is 0 Å². The van der Waals surface area contributed by atoms with E-state index in [2.05, 4.69) is 0 Å². The number of carbonyl (C=O) groups is 1. The van der Waals surface area contributed by atoms with Gasteiger partial charge in [0.1, 0.15) is 6.10 Å². The molecule has 3 fully saturated rings. The third kappa shape index (κ3) is 1.45. The maximum absolute atomic E-state index is 12.1. The van der Waals surface area contributed by atoms with Crippen LogP contribution in [0.2, 0.25) is 0 Å². The van der Waals surface area contributed by atoms with Crippen molar-refractivity contribution in [2.75, 3.05) is 0 Å². The Hall–Kier alpha value is -0.670. The molecular weight excluding hydrogens is 214 g/mol. The molecule has 0 aromatic rings. The standard InChI is InChI=1S/C12H16F2O2/c13-11(14)12(15)16-10-5-6-4-9(10)8-3-1-2-7(6)8/h6-11H,1-5H2. The Labute approximate surface area is 93.3 Å². The summed E-state index contributed by atoms with van der Waals surface area (Å²) in [7, 11) is 0. The summed E-state index contributed by atoms with van der Waals surface area (Å²) in [4.78, 5) is 10.9. The van der Waals surface area contributed by atoms with Crippen LogP contribution in [-0.2, 0) is 9.53 Å². The first-order chi connectivity index (χ1) is 7.66. The number of hydrogen-bond acceptors (Lipinski definition) is 2. The summed E-state index contributed by atoms with van der Waals surface area (Å²) in [5, 5.41) is 0. The van der Waals surface area contributed by atoms with Gasteiger partial charge in [-0.25, -0.2) is 4.79 Å². The van der Waals surface area contributed by atoms with Crippen LogP contribution in [0.4, 0.5) is 8.78 Å². The first kappa shape index (κ1) is 10.5. The molecule has 90 valence electrons. The predicted molar refractivity (Wildman–Crippen MR) is 52.9 cm³/mol. The van der Waals surface area contributed by atoms with Gasteiger partial charge in [-0.05, 0) is 49.4 Å². The fourth-order valence-corrected chi connectivity index (χ4v) is 4.34. The molecule has 0 aromatic heterocycles. The van der Waals surface area contributed by atoms with Crippen LogP contribution in [-0.4, -0.2) is 18.5 Å². The number of fused-ring (bicyclic) bond motifs is 5. The van der Waals surface area contributed by atoms with Crippen LogP contribution in [0.5, 0.6) is 0 Å². The molecule has 2 nitrogen and oxygen atoms in total. The Morgan fingerprint density at radius 3 is 2.62 bits per heavy atom. The van der Waals surface area contributed by atoms with Crippen molar-refractivity contribution >= 4 is 5.97 Å². The van der Waals surface area contributed by atoms with Crippen LogP contribution in [0.25, 0.3) is 0 Å². The van der Waals surface area contributed by atoms with E-state index in [1.165, 1.54) is 19.3 Å². The molecule has 0 saturated heterocycles. The normalized spacial score (nSPS) is 45.1. The fourth-order valence-electron chi connectivity index (χ4n) is 4.34. The molecule has 0 amide bonds. The van der Waals surface area contributed by atoms with Gasteiger partial charge in [0.2, 0.25) is 0 Å². The van der Waals surface area contributed by atoms with Crippen molar-refractivity contribution < 1.29 is 18.3 Å². The number of hydrogen-bond donors (Lipinski definition) is 0. The second-order valence-electron chi connectivity index (χ2n) is 5.43. The zero-order chi connectivity index (χ0) is 11.3. The summed E-state index contributed by atoms with van der Waals surface area (Å²) in [6.07, 6.45) is 2.48. The van der Waals surface area contributed by atoms with Gasteiger partial charge in [0, 0.05) is 0 Å². The lowest BCUT2D eigenvalue weighted by Gasteiger charge is -2.31. The highest BCUT2D eigenvalue weighted by Gasteiger charge is 2.55. The first-order valence-electron chi connectivity index (χ1n) is 6.15. The molecule has 0 N–H and O–H groups in total. The van der Waals surface area contributed by atoms with Crippen molar-refractivity contribution in [1.82, 2.24) is 0 Å². The molecule has 2 bridgehead atoms. The van der Waals surface area contributed by atoms with E-state index >= 15 is 0 Å². The molecule has 0 aliphatic heterocycles. The SMILES string of the molecule is O=C(OC1CC2CC1C1CCCC21)C(F)F. The van der Waals surface area contributed by atoms with Crippen LogP contribution >= 0.6 is 0 Å². The zero-order valence-electron chi connectivity index (χ0n) is 9.07. The lowest BCUT2D eigenvalue weighted by atomic mass is 9.80. The molecule has 5 unspecified atom stereocenters. The van der Waals surface area contributed by atoms with Gasteiger partial charge >= 0.3 is 12.4 Å². The van der Waals surface area contributed by atoms with Gasteiger partial charge < -0.3 is 4.74 Å². The molecule has 0 radical (unpaired) electrons. The van der Waals surface area contributed by atoms with Crippen molar-refractivity contribution in [1.29, 1.82) is 0 Å². The second kappa shape index (κ2) is 3.67. The average molecular weight is 230 g/mol. The topological polar surface area (TPSA) is 26.3 Å². The lowest BCUT2D eigenvalue weighted by molar-refractivity contribution is -0.166. The van der Waals surface area contributed by atoms with E-state index in [1.807, 2.05) is 0 Å². The van der Waals surface area contributed by atoms with Gasteiger partial charge in [-0.3, -0.25) is 0 Å². The second-order valence-corrected chi connectivity index (χ2v) is 5.43. The van der Waals surface area contributed by atoms with E-state index in [0.717, 1.165) is 18.8 Å². The molecule has 0 aromatic carbocycles. The van der Waals surface area contributed by atoms with Crippen LogP contribution in [0.3, 0.4) is 0 Å². The van der Waals surface area contributed by atoms with E-state index in [9.17, 15) is 13.6 Å². The molecule has 0 spiro atoms. The smallest absolute Gasteiger partial charge is 0.374 e. The van der Waals surface area contributed by atoms with Crippen LogP contribution in [0, 0.1) is 23.7 Å². The summed E-state index contributed by atoms with van der Waals surface area (Å²) in [6.45, 7) is 0. The lowest BCUT2D eigenvalue weighted by Crippen LogP contribution is -2.33. The molecular formula is C12H16F2O2. The Balaban J connectivity index is 1.66. The summed E-state index contributed by atoms with van der Waals surface area (Å²) in [5.41, 5.74) is 0. The van der Waals surface area contributed by atoms with Gasteiger partial charge in [-0.15, -0.1) is 0 Å². The number of alkyl halides is 2. The van der Waals surface area contributed by atoms with Crippen LogP contribution < -0.4 is 0 Å². The largest absolute Gasteiger partial charge is 0.458 e. The highest BCUT2D eigenvalue weighted by atomic mass is 19.3. The average Bonchev–Trinajstić information content (AvgIpc) is 2.87. The monoisotopic (exact) mass is 230 g/mol. The minimum Gasteiger partial charge on any atom is -0.458 e.